The van der Waals surface area contributed by atoms with Gasteiger partial charge in [0.25, 0.3) is 0 Å². The van der Waals surface area contributed by atoms with Crippen LogP contribution in [0.5, 0.6) is 11.5 Å². The van der Waals surface area contributed by atoms with Crippen LogP contribution in [-0.2, 0) is 0 Å². The van der Waals surface area contributed by atoms with Gasteiger partial charge in [0.05, 0.1) is 5.56 Å². The van der Waals surface area contributed by atoms with E-state index in [1.165, 1.54) is 0 Å². The van der Waals surface area contributed by atoms with Crippen molar-refractivity contribution in [2.75, 3.05) is 0 Å². The second-order valence-corrected chi connectivity index (χ2v) is 6.12. The van der Waals surface area contributed by atoms with Crippen LogP contribution >= 0.6 is 0 Å². The zero-order valence-electron chi connectivity index (χ0n) is 15.6. The van der Waals surface area contributed by atoms with Gasteiger partial charge in [0.15, 0.2) is 5.78 Å². The molecule has 0 aliphatic heterocycles. The number of carbonyl (C=O) groups is 1. The van der Waals surface area contributed by atoms with Crippen molar-refractivity contribution in [1.29, 1.82) is 0 Å². The van der Waals surface area contributed by atoms with Gasteiger partial charge in [-0.2, -0.15) is 0 Å². The first-order chi connectivity index (χ1) is 13.2. The molecule has 0 atom stereocenters. The number of allylic oxidation sites excluding steroid dienone is 2. The number of ketones is 1. The van der Waals surface area contributed by atoms with E-state index >= 15 is 0 Å². The first-order valence-electron chi connectivity index (χ1n) is 8.98. The lowest BCUT2D eigenvalue weighted by Crippen LogP contribution is -2.04. The Morgan fingerprint density at radius 2 is 1.41 bits per heavy atom. The van der Waals surface area contributed by atoms with Crippen molar-refractivity contribution in [3.05, 3.63) is 107 Å². The van der Waals surface area contributed by atoms with E-state index in [-0.39, 0.29) is 5.78 Å². The van der Waals surface area contributed by atoms with Gasteiger partial charge < -0.3 is 4.74 Å². The number of hydrogen-bond donors (Lipinski definition) is 0. The molecule has 0 unspecified atom stereocenters. The summed E-state index contributed by atoms with van der Waals surface area (Å²) in [6.07, 6.45) is 7.92. The van der Waals surface area contributed by atoms with E-state index in [2.05, 4.69) is 0 Å². The number of para-hydroxylation sites is 1. The highest BCUT2D eigenvalue weighted by atomic mass is 16.5. The molecule has 0 aliphatic rings. The smallest absolute Gasteiger partial charge is 0.196 e. The summed E-state index contributed by atoms with van der Waals surface area (Å²) >= 11 is 0. The molecule has 0 saturated heterocycles. The van der Waals surface area contributed by atoms with E-state index in [1.54, 1.807) is 0 Å². The molecule has 0 spiro atoms. The zero-order valence-corrected chi connectivity index (χ0v) is 15.6. The minimum absolute atomic E-state index is 0.0556. The monoisotopic (exact) mass is 354 g/mol. The van der Waals surface area contributed by atoms with Crippen molar-refractivity contribution in [1.82, 2.24) is 0 Å². The maximum Gasteiger partial charge on any atom is 0.196 e. The standard InChI is InChI=1S/C25H22O2/c1-3-8-19-12-15-21(16-13-19)25(26)23-17-14-20(9-4-2)18-24(23)27-22-10-6-5-7-11-22/h3-18H,1-2H3. The lowest BCUT2D eigenvalue weighted by molar-refractivity contribution is 0.103. The highest BCUT2D eigenvalue weighted by molar-refractivity contribution is 6.11. The second kappa shape index (κ2) is 8.81. The van der Waals surface area contributed by atoms with Crippen LogP contribution in [0.25, 0.3) is 12.2 Å². The molecule has 2 nitrogen and oxygen atoms in total. The lowest BCUT2D eigenvalue weighted by Gasteiger charge is -2.12. The minimum atomic E-state index is -0.0556. The summed E-state index contributed by atoms with van der Waals surface area (Å²) < 4.78 is 6.04. The summed E-state index contributed by atoms with van der Waals surface area (Å²) in [6.45, 7) is 3.93. The summed E-state index contributed by atoms with van der Waals surface area (Å²) in [5.74, 6) is 1.20. The molecule has 0 aliphatic carbocycles. The molecule has 0 radical (unpaired) electrons. The average molecular weight is 354 g/mol. The largest absolute Gasteiger partial charge is 0.457 e. The summed E-state index contributed by atoms with van der Waals surface area (Å²) in [5, 5.41) is 0. The zero-order chi connectivity index (χ0) is 19.1. The highest BCUT2D eigenvalue weighted by Gasteiger charge is 2.16. The molecule has 0 saturated carbocycles. The van der Waals surface area contributed by atoms with E-state index in [9.17, 15) is 4.79 Å². The number of hydrogen-bond acceptors (Lipinski definition) is 2. The van der Waals surface area contributed by atoms with Gasteiger partial charge in [-0.3, -0.25) is 4.79 Å². The predicted octanol–water partition coefficient (Wildman–Crippen LogP) is 6.78. The molecule has 3 aromatic rings. The van der Waals surface area contributed by atoms with Crippen LogP contribution in [0, 0.1) is 0 Å². The van der Waals surface area contributed by atoms with Gasteiger partial charge in [-0.1, -0.05) is 72.8 Å². The van der Waals surface area contributed by atoms with Gasteiger partial charge in [-0.05, 0) is 49.2 Å². The molecule has 3 rings (SSSR count). The Morgan fingerprint density at radius 1 is 0.778 bits per heavy atom. The molecule has 0 heterocycles. The van der Waals surface area contributed by atoms with E-state index in [0.29, 0.717) is 22.6 Å². The van der Waals surface area contributed by atoms with Crippen molar-refractivity contribution in [2.24, 2.45) is 0 Å². The Labute approximate surface area is 160 Å². The van der Waals surface area contributed by atoms with Crippen LogP contribution in [0.3, 0.4) is 0 Å². The quantitative estimate of drug-likeness (QED) is 0.456. The number of rotatable bonds is 6. The molecule has 134 valence electrons. The van der Waals surface area contributed by atoms with E-state index in [0.717, 1.165) is 11.1 Å². The first-order valence-corrected chi connectivity index (χ1v) is 8.98. The molecule has 0 bridgehead atoms. The van der Waals surface area contributed by atoms with Crippen LogP contribution in [0.2, 0.25) is 0 Å². The molecule has 27 heavy (non-hydrogen) atoms. The van der Waals surface area contributed by atoms with Crippen LogP contribution in [0.1, 0.15) is 40.9 Å². The minimum Gasteiger partial charge on any atom is -0.457 e. The predicted molar refractivity (Wildman–Crippen MR) is 112 cm³/mol. The Balaban J connectivity index is 1.98. The fraction of sp³-hybridized carbons (Fsp3) is 0.0800. The summed E-state index contributed by atoms with van der Waals surface area (Å²) in [4.78, 5) is 13.1. The van der Waals surface area contributed by atoms with Crippen LogP contribution < -0.4 is 4.74 Å². The van der Waals surface area contributed by atoms with Gasteiger partial charge in [-0.25, -0.2) is 0 Å². The SMILES string of the molecule is CC=Cc1ccc(C(=O)c2ccc(C=CC)cc2Oc2ccccc2)cc1. The molecule has 0 fully saturated rings. The molecule has 0 aromatic heterocycles. The van der Waals surface area contributed by atoms with Gasteiger partial charge in [-0.15, -0.1) is 0 Å². The maximum absolute atomic E-state index is 13.1. The first kappa shape index (κ1) is 18.4. The highest BCUT2D eigenvalue weighted by Crippen LogP contribution is 2.29. The fourth-order valence-electron chi connectivity index (χ4n) is 2.82. The van der Waals surface area contributed by atoms with Crippen molar-refractivity contribution in [3.63, 3.8) is 0 Å². The van der Waals surface area contributed by atoms with Gasteiger partial charge in [0.2, 0.25) is 0 Å². The van der Waals surface area contributed by atoms with Gasteiger partial charge in [0, 0.05) is 5.56 Å². The molecule has 0 amide bonds. The van der Waals surface area contributed by atoms with Crippen LogP contribution in [0.4, 0.5) is 0 Å². The summed E-state index contributed by atoms with van der Waals surface area (Å²) in [5.41, 5.74) is 3.24. The van der Waals surface area contributed by atoms with Crippen molar-refractivity contribution >= 4 is 17.9 Å². The topological polar surface area (TPSA) is 26.3 Å². The van der Waals surface area contributed by atoms with Gasteiger partial charge in [0.1, 0.15) is 11.5 Å². The normalized spacial score (nSPS) is 11.2. The fourth-order valence-corrected chi connectivity index (χ4v) is 2.82. The van der Waals surface area contributed by atoms with Crippen molar-refractivity contribution < 1.29 is 9.53 Å². The van der Waals surface area contributed by atoms with Crippen molar-refractivity contribution in [2.45, 2.75) is 13.8 Å². The lowest BCUT2D eigenvalue weighted by atomic mass is 9.99. The van der Waals surface area contributed by atoms with E-state index in [4.69, 9.17) is 4.74 Å². The molecular weight excluding hydrogens is 332 g/mol. The molecular formula is C25H22O2. The van der Waals surface area contributed by atoms with Crippen LogP contribution in [-0.4, -0.2) is 5.78 Å². The van der Waals surface area contributed by atoms with E-state index < -0.39 is 0 Å². The van der Waals surface area contributed by atoms with Crippen molar-refractivity contribution in [3.8, 4) is 11.5 Å². The summed E-state index contributed by atoms with van der Waals surface area (Å²) in [6, 6.07) is 22.8. The third-order valence-corrected chi connectivity index (χ3v) is 4.11. The Kier molecular flexibility index (Phi) is 6.01. The summed E-state index contributed by atoms with van der Waals surface area (Å²) in [7, 11) is 0. The second-order valence-electron chi connectivity index (χ2n) is 6.12. The Morgan fingerprint density at radius 3 is 2.07 bits per heavy atom. The number of benzene rings is 3. The molecule has 0 N–H and O–H groups in total. The third kappa shape index (κ3) is 4.62. The van der Waals surface area contributed by atoms with Gasteiger partial charge >= 0.3 is 0 Å². The number of carbonyl (C=O) groups excluding carboxylic acids is 1. The Hall–Kier alpha value is -3.39. The van der Waals surface area contributed by atoms with Crippen LogP contribution in [0.15, 0.2) is 84.9 Å². The maximum atomic E-state index is 13.1. The number of ether oxygens (including phenoxy) is 1. The molecule has 3 aromatic carbocycles. The third-order valence-electron chi connectivity index (χ3n) is 4.11. The Bertz CT molecular complexity index is 965. The van der Waals surface area contributed by atoms with E-state index in [1.807, 2.05) is 111 Å². The molecule has 2 heteroatoms. The average Bonchev–Trinajstić information content (AvgIpc) is 2.70.